The average molecular weight is 324 g/mol. The highest BCUT2D eigenvalue weighted by Gasteiger charge is 2.49. The van der Waals surface area contributed by atoms with E-state index < -0.39 is 27.4 Å². The number of allylic oxidation sites excluding steroid dienone is 1. The van der Waals surface area contributed by atoms with Crippen LogP contribution < -0.4 is 0 Å². The Labute approximate surface area is 119 Å². The zero-order chi connectivity index (χ0) is 16.3. The molecule has 0 aromatic heterocycles. The number of hydrogen-bond donors (Lipinski definition) is 0. The second-order valence-corrected chi connectivity index (χ2v) is 5.33. The summed E-state index contributed by atoms with van der Waals surface area (Å²) in [7, 11) is -5.07. The molecule has 5 nitrogen and oxygen atoms in total. The number of esters is 1. The summed E-state index contributed by atoms with van der Waals surface area (Å²) in [6.07, 6.45) is 0. The summed E-state index contributed by atoms with van der Waals surface area (Å²) in [6.45, 7) is 1.24. The summed E-state index contributed by atoms with van der Waals surface area (Å²) < 4.78 is 67.3. The topological polar surface area (TPSA) is 69.7 Å². The number of rotatable bonds is 4. The predicted octanol–water partition coefficient (Wildman–Crippen LogP) is 2.46. The summed E-state index contributed by atoms with van der Waals surface area (Å²) >= 11 is 0. The molecule has 0 heterocycles. The lowest BCUT2D eigenvalue weighted by atomic mass is 10.1. The molecule has 1 aromatic rings. The van der Waals surface area contributed by atoms with Crippen molar-refractivity contribution >= 4 is 21.7 Å². The van der Waals surface area contributed by atoms with Gasteiger partial charge in [-0.05, 0) is 12.5 Å². The van der Waals surface area contributed by atoms with Gasteiger partial charge in [-0.1, -0.05) is 30.3 Å². The molecule has 0 amide bonds. The van der Waals surface area contributed by atoms with Crippen molar-refractivity contribution in [2.75, 3.05) is 7.11 Å². The van der Waals surface area contributed by atoms with Gasteiger partial charge in [0.2, 0.25) is 5.76 Å². The van der Waals surface area contributed by atoms with Crippen molar-refractivity contribution in [2.24, 2.45) is 0 Å². The van der Waals surface area contributed by atoms with E-state index in [0.29, 0.717) is 5.56 Å². The molecule has 0 aliphatic heterocycles. The Morgan fingerprint density at radius 1 is 1.14 bits per heavy atom. The van der Waals surface area contributed by atoms with Crippen LogP contribution in [0, 0.1) is 0 Å². The van der Waals surface area contributed by atoms with Crippen molar-refractivity contribution in [3.63, 3.8) is 0 Å². The van der Waals surface area contributed by atoms with Gasteiger partial charge in [0.05, 0.1) is 7.11 Å². The average Bonchev–Trinajstić information content (AvgIpc) is 2.43. The maximum absolute atomic E-state index is 12.3. The quantitative estimate of drug-likeness (QED) is 0.280. The van der Waals surface area contributed by atoms with Crippen LogP contribution in [0.5, 0.6) is 0 Å². The van der Waals surface area contributed by atoms with Crippen LogP contribution in [0.25, 0.3) is 5.57 Å². The number of halogens is 3. The number of ether oxygens (including phenoxy) is 1. The molecule has 0 bridgehead atoms. The highest BCUT2D eigenvalue weighted by atomic mass is 32.2. The standard InChI is InChI=1S/C12H11F3O5S/c1-8(9-6-4-3-5-7-9)10(11(16)19-2)20-21(17,18)12(13,14)15/h3-7H,1-2H3/b10-8-. The van der Waals surface area contributed by atoms with Gasteiger partial charge < -0.3 is 8.92 Å². The van der Waals surface area contributed by atoms with Crippen LogP contribution in [0.3, 0.4) is 0 Å². The van der Waals surface area contributed by atoms with Crippen LogP contribution in [0.2, 0.25) is 0 Å². The highest BCUT2D eigenvalue weighted by molar-refractivity contribution is 7.87. The predicted molar refractivity (Wildman–Crippen MR) is 67.1 cm³/mol. The van der Waals surface area contributed by atoms with Crippen molar-refractivity contribution < 1.29 is 35.3 Å². The molecule has 0 aliphatic carbocycles. The third kappa shape index (κ3) is 3.97. The lowest BCUT2D eigenvalue weighted by molar-refractivity contribution is -0.138. The third-order valence-electron chi connectivity index (χ3n) is 2.39. The molecule has 0 aliphatic rings. The summed E-state index contributed by atoms with van der Waals surface area (Å²) in [5, 5.41) is 0. The molecule has 116 valence electrons. The minimum absolute atomic E-state index is 0.102. The molecule has 0 fully saturated rings. The zero-order valence-electron chi connectivity index (χ0n) is 11.0. The van der Waals surface area contributed by atoms with Gasteiger partial charge in [-0.3, -0.25) is 0 Å². The Bertz CT molecular complexity index is 647. The number of carbonyl (C=O) groups is 1. The molecule has 0 unspecified atom stereocenters. The molecule has 0 spiro atoms. The van der Waals surface area contributed by atoms with E-state index in [4.69, 9.17) is 0 Å². The Morgan fingerprint density at radius 3 is 2.10 bits per heavy atom. The van der Waals surface area contributed by atoms with E-state index in [0.717, 1.165) is 7.11 Å². The second kappa shape index (κ2) is 6.17. The van der Waals surface area contributed by atoms with Gasteiger partial charge in [0.15, 0.2) is 0 Å². The lowest BCUT2D eigenvalue weighted by Crippen LogP contribution is -2.27. The second-order valence-electron chi connectivity index (χ2n) is 3.79. The zero-order valence-corrected chi connectivity index (χ0v) is 11.8. The third-order valence-corrected chi connectivity index (χ3v) is 3.35. The van der Waals surface area contributed by atoms with Crippen LogP contribution in [0.4, 0.5) is 13.2 Å². The van der Waals surface area contributed by atoms with Crippen molar-refractivity contribution in [1.29, 1.82) is 0 Å². The first-order valence-electron chi connectivity index (χ1n) is 5.45. The Hall–Kier alpha value is -2.03. The van der Waals surface area contributed by atoms with Crippen molar-refractivity contribution in [3.8, 4) is 0 Å². The Balaban J connectivity index is 3.36. The number of hydrogen-bond acceptors (Lipinski definition) is 5. The minimum atomic E-state index is -5.96. The van der Waals surface area contributed by atoms with Crippen molar-refractivity contribution in [3.05, 3.63) is 41.7 Å². The van der Waals surface area contributed by atoms with Crippen molar-refractivity contribution in [1.82, 2.24) is 0 Å². The summed E-state index contributed by atoms with van der Waals surface area (Å²) in [4.78, 5) is 11.5. The maximum Gasteiger partial charge on any atom is 0.534 e. The van der Waals surface area contributed by atoms with Gasteiger partial charge in [-0.2, -0.15) is 21.6 Å². The molecule has 9 heteroatoms. The van der Waals surface area contributed by atoms with Crippen LogP contribution in [-0.4, -0.2) is 27.0 Å². The number of methoxy groups -OCH3 is 1. The fourth-order valence-electron chi connectivity index (χ4n) is 1.32. The van der Waals surface area contributed by atoms with E-state index in [1.54, 1.807) is 18.2 Å². The van der Waals surface area contributed by atoms with Crippen LogP contribution in [0.15, 0.2) is 36.1 Å². The summed E-state index contributed by atoms with van der Waals surface area (Å²) in [6, 6.07) is 7.71. The van der Waals surface area contributed by atoms with Gasteiger partial charge in [-0.25, -0.2) is 4.79 Å². The van der Waals surface area contributed by atoms with E-state index >= 15 is 0 Å². The lowest BCUT2D eigenvalue weighted by Gasteiger charge is -2.13. The van der Waals surface area contributed by atoms with E-state index in [2.05, 4.69) is 8.92 Å². The van der Waals surface area contributed by atoms with Gasteiger partial charge in [0.1, 0.15) is 0 Å². The monoisotopic (exact) mass is 324 g/mol. The summed E-state index contributed by atoms with van der Waals surface area (Å²) in [5.41, 5.74) is -5.44. The molecule has 21 heavy (non-hydrogen) atoms. The first kappa shape index (κ1) is 17.0. The van der Waals surface area contributed by atoms with E-state index in [1.165, 1.54) is 19.1 Å². The smallest absolute Gasteiger partial charge is 0.463 e. The first-order valence-corrected chi connectivity index (χ1v) is 6.86. The van der Waals surface area contributed by atoms with Gasteiger partial charge in [-0.15, -0.1) is 0 Å². The normalized spacial score (nSPS) is 13.4. The van der Waals surface area contributed by atoms with E-state index in [9.17, 15) is 26.4 Å². The molecular formula is C12H11F3O5S. The molecule has 0 atom stereocenters. The van der Waals surface area contributed by atoms with Crippen molar-refractivity contribution in [2.45, 2.75) is 12.4 Å². The Kier molecular flexibility index (Phi) is 5.00. The summed E-state index contributed by atoms with van der Waals surface area (Å²) in [5.74, 6) is -2.37. The number of benzene rings is 1. The number of carbonyl (C=O) groups excluding carboxylic acids is 1. The molecule has 0 radical (unpaired) electrons. The van der Waals surface area contributed by atoms with Gasteiger partial charge in [0, 0.05) is 5.57 Å². The fourth-order valence-corrected chi connectivity index (χ4v) is 1.83. The van der Waals surface area contributed by atoms with Gasteiger partial charge in [0.25, 0.3) is 0 Å². The van der Waals surface area contributed by atoms with Crippen LogP contribution >= 0.6 is 0 Å². The molecule has 0 N–H and O–H groups in total. The SMILES string of the molecule is COC(=O)/C(OS(=O)(=O)C(F)(F)F)=C(\C)c1ccccc1. The van der Waals surface area contributed by atoms with Crippen LogP contribution in [0.1, 0.15) is 12.5 Å². The first-order chi connectivity index (χ1) is 9.60. The molecule has 1 aromatic carbocycles. The molecule has 0 saturated heterocycles. The van der Waals surface area contributed by atoms with E-state index in [-0.39, 0.29) is 5.57 Å². The molecular weight excluding hydrogens is 313 g/mol. The number of alkyl halides is 3. The fraction of sp³-hybridized carbons (Fsp3) is 0.250. The van der Waals surface area contributed by atoms with Crippen LogP contribution in [-0.2, 0) is 23.8 Å². The molecule has 0 saturated carbocycles. The largest absolute Gasteiger partial charge is 0.534 e. The molecule has 1 rings (SSSR count). The van der Waals surface area contributed by atoms with Gasteiger partial charge >= 0.3 is 21.6 Å². The van der Waals surface area contributed by atoms with E-state index in [1.807, 2.05) is 0 Å². The Morgan fingerprint density at radius 2 is 1.67 bits per heavy atom. The maximum atomic E-state index is 12.3. The highest BCUT2D eigenvalue weighted by Crippen LogP contribution is 2.29. The minimum Gasteiger partial charge on any atom is -0.463 e.